The normalized spacial score (nSPS) is 22.3. The Bertz CT molecular complexity index is 596. The third kappa shape index (κ3) is 4.52. The predicted octanol–water partition coefficient (Wildman–Crippen LogP) is 3.02. The van der Waals surface area contributed by atoms with Crippen molar-refractivity contribution in [2.24, 2.45) is 5.92 Å². The van der Waals surface area contributed by atoms with Crippen molar-refractivity contribution in [2.75, 3.05) is 0 Å². The highest BCUT2D eigenvalue weighted by Gasteiger charge is 2.30. The van der Waals surface area contributed by atoms with Crippen LogP contribution in [0, 0.1) is 5.92 Å². The zero-order valence-electron chi connectivity index (χ0n) is 12.7. The fourth-order valence-electron chi connectivity index (χ4n) is 2.47. The van der Waals surface area contributed by atoms with Gasteiger partial charge in [0.25, 0.3) is 0 Å². The molecule has 0 aromatic heterocycles. The van der Waals surface area contributed by atoms with Gasteiger partial charge in [-0.2, -0.15) is 0 Å². The summed E-state index contributed by atoms with van der Waals surface area (Å²) in [4.78, 5) is 0.324. The van der Waals surface area contributed by atoms with Crippen LogP contribution in [0.1, 0.15) is 39.2 Å². The van der Waals surface area contributed by atoms with Crippen molar-refractivity contribution >= 4 is 26.0 Å². The number of rotatable bonds is 6. The third-order valence-corrected chi connectivity index (χ3v) is 6.21. The van der Waals surface area contributed by atoms with Crippen molar-refractivity contribution in [1.29, 1.82) is 0 Å². The van der Waals surface area contributed by atoms with Crippen LogP contribution in [0.4, 0.5) is 0 Å². The van der Waals surface area contributed by atoms with E-state index in [4.69, 9.17) is 0 Å². The summed E-state index contributed by atoms with van der Waals surface area (Å²) in [7, 11) is -3.46. The van der Waals surface area contributed by atoms with Gasteiger partial charge in [0.2, 0.25) is 10.0 Å². The summed E-state index contributed by atoms with van der Waals surface area (Å²) in [6.07, 6.45) is 1.84. The lowest BCUT2D eigenvalue weighted by Crippen LogP contribution is -2.43. The second-order valence-electron chi connectivity index (χ2n) is 6.20. The summed E-state index contributed by atoms with van der Waals surface area (Å²) in [5.74, 6) is 0.614. The van der Waals surface area contributed by atoms with Crippen molar-refractivity contribution in [1.82, 2.24) is 10.0 Å². The first kappa shape index (κ1) is 16.9. The molecule has 118 valence electrons. The van der Waals surface area contributed by atoms with Crippen LogP contribution >= 0.6 is 15.9 Å². The zero-order valence-corrected chi connectivity index (χ0v) is 15.1. The summed E-state index contributed by atoms with van der Waals surface area (Å²) < 4.78 is 28.4. The molecule has 1 saturated carbocycles. The summed E-state index contributed by atoms with van der Waals surface area (Å²) in [5, 5.41) is 3.30. The maximum atomic E-state index is 12.5. The van der Waals surface area contributed by atoms with Crippen LogP contribution < -0.4 is 10.0 Å². The molecular formula is C15H23BrN2O2S. The molecule has 0 spiro atoms. The second kappa shape index (κ2) is 6.77. The summed E-state index contributed by atoms with van der Waals surface area (Å²) in [5.41, 5.74) is 0.967. The number of sulfonamides is 1. The lowest BCUT2D eigenvalue weighted by molar-refractivity contribution is 0.270. The van der Waals surface area contributed by atoms with Crippen LogP contribution in [0.25, 0.3) is 0 Å². The molecule has 21 heavy (non-hydrogen) atoms. The monoisotopic (exact) mass is 374 g/mol. The smallest absolute Gasteiger partial charge is 0.241 e. The van der Waals surface area contributed by atoms with Crippen LogP contribution in [-0.2, 0) is 16.6 Å². The zero-order chi connectivity index (χ0) is 15.6. The molecular weight excluding hydrogens is 352 g/mol. The first-order chi connectivity index (χ1) is 9.78. The van der Waals surface area contributed by atoms with Gasteiger partial charge in [-0.15, -0.1) is 0 Å². The molecule has 1 aromatic rings. The van der Waals surface area contributed by atoms with Crippen molar-refractivity contribution in [2.45, 2.75) is 57.1 Å². The van der Waals surface area contributed by atoms with E-state index < -0.39 is 10.0 Å². The molecule has 0 unspecified atom stereocenters. The molecule has 0 aliphatic heterocycles. The highest BCUT2D eigenvalue weighted by Crippen LogP contribution is 2.29. The van der Waals surface area contributed by atoms with Gasteiger partial charge in [-0.1, -0.05) is 26.8 Å². The number of halogens is 1. The average Bonchev–Trinajstić information content (AvgIpc) is 2.35. The van der Waals surface area contributed by atoms with Crippen molar-refractivity contribution in [3.63, 3.8) is 0 Å². The van der Waals surface area contributed by atoms with Gasteiger partial charge in [0.15, 0.2) is 0 Å². The Morgan fingerprint density at radius 2 is 2.00 bits per heavy atom. The van der Waals surface area contributed by atoms with Crippen molar-refractivity contribution < 1.29 is 8.42 Å². The Morgan fingerprint density at radius 1 is 1.33 bits per heavy atom. The summed E-state index contributed by atoms with van der Waals surface area (Å²) in [6, 6.07) is 5.92. The molecule has 1 aliphatic carbocycles. The number of hydrogen-bond acceptors (Lipinski definition) is 3. The minimum absolute atomic E-state index is 0.0781. The van der Waals surface area contributed by atoms with Gasteiger partial charge in [-0.3, -0.25) is 0 Å². The van der Waals surface area contributed by atoms with Gasteiger partial charge in [0.1, 0.15) is 0 Å². The minimum Gasteiger partial charge on any atom is -0.310 e. The summed E-state index contributed by atoms with van der Waals surface area (Å²) in [6.45, 7) is 6.93. The Labute approximate surface area is 135 Å². The molecule has 0 amide bonds. The van der Waals surface area contributed by atoms with Gasteiger partial charge in [-0.25, -0.2) is 13.1 Å². The van der Waals surface area contributed by atoms with E-state index in [0.29, 0.717) is 27.9 Å². The highest BCUT2D eigenvalue weighted by atomic mass is 79.9. The van der Waals surface area contributed by atoms with E-state index in [0.717, 1.165) is 18.4 Å². The molecule has 1 aromatic carbocycles. The first-order valence-corrected chi connectivity index (χ1v) is 9.59. The quantitative estimate of drug-likeness (QED) is 0.804. The molecule has 2 N–H and O–H groups in total. The molecule has 2 rings (SSSR count). The molecule has 6 heteroatoms. The molecule has 0 heterocycles. The van der Waals surface area contributed by atoms with E-state index >= 15 is 0 Å². The topological polar surface area (TPSA) is 58.2 Å². The third-order valence-electron chi connectivity index (χ3n) is 3.70. The standard InChI is InChI=1S/C15H23BrN2O2S/c1-10(2)17-9-12-4-5-14(16)15(8-12)21(19,20)18-13-6-11(3)7-13/h4-5,8,10-11,13,17-18H,6-7,9H2,1-3H3. The van der Waals surface area contributed by atoms with E-state index in [9.17, 15) is 8.42 Å². The van der Waals surface area contributed by atoms with Crippen LogP contribution in [0.3, 0.4) is 0 Å². The van der Waals surface area contributed by atoms with Crippen LogP contribution in [0.2, 0.25) is 0 Å². The number of nitrogens with one attached hydrogen (secondary N) is 2. The van der Waals surface area contributed by atoms with Crippen molar-refractivity contribution in [3.05, 3.63) is 28.2 Å². The Kier molecular flexibility index (Phi) is 5.46. The molecule has 0 bridgehead atoms. The minimum atomic E-state index is -3.46. The highest BCUT2D eigenvalue weighted by molar-refractivity contribution is 9.10. The lowest BCUT2D eigenvalue weighted by Gasteiger charge is -2.33. The van der Waals surface area contributed by atoms with Gasteiger partial charge < -0.3 is 5.32 Å². The van der Waals surface area contributed by atoms with Gasteiger partial charge in [0, 0.05) is 23.1 Å². The van der Waals surface area contributed by atoms with E-state index in [2.05, 4.69) is 46.7 Å². The van der Waals surface area contributed by atoms with Gasteiger partial charge in [0.05, 0.1) is 4.90 Å². The van der Waals surface area contributed by atoms with E-state index in [1.165, 1.54) is 0 Å². The molecule has 0 saturated heterocycles. The lowest BCUT2D eigenvalue weighted by atomic mass is 9.83. The molecule has 1 fully saturated rings. The predicted molar refractivity (Wildman–Crippen MR) is 88.6 cm³/mol. The van der Waals surface area contributed by atoms with Crippen LogP contribution in [-0.4, -0.2) is 20.5 Å². The number of hydrogen-bond donors (Lipinski definition) is 2. The van der Waals surface area contributed by atoms with Gasteiger partial charge >= 0.3 is 0 Å². The van der Waals surface area contributed by atoms with Crippen molar-refractivity contribution in [3.8, 4) is 0 Å². The molecule has 0 atom stereocenters. The second-order valence-corrected chi connectivity index (χ2v) is 8.73. The SMILES string of the molecule is CC1CC(NS(=O)(=O)c2cc(CNC(C)C)ccc2Br)C1. The number of benzene rings is 1. The fourth-order valence-corrected chi connectivity index (χ4v) is 4.74. The molecule has 0 radical (unpaired) electrons. The Hall–Kier alpha value is -0.430. The fraction of sp³-hybridized carbons (Fsp3) is 0.600. The first-order valence-electron chi connectivity index (χ1n) is 7.32. The molecule has 1 aliphatic rings. The summed E-state index contributed by atoms with van der Waals surface area (Å²) >= 11 is 3.35. The maximum Gasteiger partial charge on any atom is 0.241 e. The molecule has 4 nitrogen and oxygen atoms in total. The van der Waals surface area contributed by atoms with E-state index in [1.807, 2.05) is 6.07 Å². The van der Waals surface area contributed by atoms with Gasteiger partial charge in [-0.05, 0) is 52.4 Å². The largest absolute Gasteiger partial charge is 0.310 e. The van der Waals surface area contributed by atoms with Crippen LogP contribution in [0.5, 0.6) is 0 Å². The van der Waals surface area contributed by atoms with E-state index in [1.54, 1.807) is 12.1 Å². The van der Waals surface area contributed by atoms with E-state index in [-0.39, 0.29) is 6.04 Å². The Balaban J connectivity index is 2.15. The Morgan fingerprint density at radius 3 is 2.57 bits per heavy atom. The average molecular weight is 375 g/mol. The van der Waals surface area contributed by atoms with Crippen LogP contribution in [0.15, 0.2) is 27.6 Å². The maximum absolute atomic E-state index is 12.5.